The van der Waals surface area contributed by atoms with E-state index in [1.54, 1.807) is 19.1 Å². The van der Waals surface area contributed by atoms with Crippen LogP contribution in [0, 0.1) is 0 Å². The highest BCUT2D eigenvalue weighted by Gasteiger charge is 2.22. The zero-order valence-electron chi connectivity index (χ0n) is 7.47. The van der Waals surface area contributed by atoms with Gasteiger partial charge in [0.2, 0.25) is 0 Å². The van der Waals surface area contributed by atoms with Gasteiger partial charge in [0.1, 0.15) is 0 Å². The molecule has 72 valence electrons. The van der Waals surface area contributed by atoms with Crippen molar-refractivity contribution in [3.05, 3.63) is 27.7 Å². The number of halogens is 2. The summed E-state index contributed by atoms with van der Waals surface area (Å²) in [6.45, 7) is 1.80. The van der Waals surface area contributed by atoms with Crippen LogP contribution in [0.15, 0.2) is 17.1 Å². The molecule has 0 saturated heterocycles. The molecular weight excluding hydrogens is 221 g/mol. The molecule has 0 aliphatic carbocycles. The van der Waals surface area contributed by atoms with Gasteiger partial charge >= 0.3 is 0 Å². The molecule has 0 N–H and O–H groups in total. The number of aliphatic imine (C=N–C) groups is 1. The summed E-state index contributed by atoms with van der Waals surface area (Å²) in [4.78, 5) is 15.9. The second kappa shape index (κ2) is 3.37. The molecule has 1 aliphatic rings. The first-order chi connectivity index (χ1) is 6.59. The normalized spacial score (nSPS) is 15.1. The Labute approximate surface area is 91.5 Å². The summed E-state index contributed by atoms with van der Waals surface area (Å²) < 4.78 is 0. The maximum absolute atomic E-state index is 11.6. The van der Waals surface area contributed by atoms with Gasteiger partial charge in [-0.3, -0.25) is 9.79 Å². The van der Waals surface area contributed by atoms with Crippen molar-refractivity contribution >= 4 is 40.4 Å². The van der Waals surface area contributed by atoms with Crippen molar-refractivity contribution in [2.75, 3.05) is 0 Å². The third kappa shape index (κ3) is 1.45. The Hall–Kier alpha value is -0.860. The quantitative estimate of drug-likeness (QED) is 0.666. The molecule has 0 fully saturated rings. The van der Waals surface area contributed by atoms with Gasteiger partial charge in [0.15, 0.2) is 5.78 Å². The maximum atomic E-state index is 11.6. The van der Waals surface area contributed by atoms with E-state index >= 15 is 0 Å². The van der Waals surface area contributed by atoms with Crippen molar-refractivity contribution in [1.29, 1.82) is 0 Å². The topological polar surface area (TPSA) is 29.4 Å². The standard InChI is InChI=1S/C10H7Cl2NO/c1-5-4-8(14)9-6(11)2-3-7(12)10(9)13-5/h2-3H,4H2,1H3. The fourth-order valence-electron chi connectivity index (χ4n) is 1.47. The second-order valence-electron chi connectivity index (χ2n) is 3.20. The number of ketones is 1. The Kier molecular flexibility index (Phi) is 2.33. The molecular formula is C10H7Cl2NO. The van der Waals surface area contributed by atoms with Gasteiger partial charge in [0.25, 0.3) is 0 Å². The third-order valence-corrected chi connectivity index (χ3v) is 2.70. The number of rotatable bonds is 0. The zero-order chi connectivity index (χ0) is 10.3. The van der Waals surface area contributed by atoms with Crippen molar-refractivity contribution < 1.29 is 4.79 Å². The first-order valence-electron chi connectivity index (χ1n) is 4.15. The number of carbonyl (C=O) groups excluding carboxylic acids is 1. The largest absolute Gasteiger partial charge is 0.294 e. The molecule has 0 spiro atoms. The van der Waals surface area contributed by atoms with E-state index in [1.165, 1.54) is 0 Å². The van der Waals surface area contributed by atoms with E-state index in [2.05, 4.69) is 4.99 Å². The van der Waals surface area contributed by atoms with Crippen LogP contribution in [0.1, 0.15) is 23.7 Å². The zero-order valence-corrected chi connectivity index (χ0v) is 8.99. The van der Waals surface area contributed by atoms with E-state index in [0.717, 1.165) is 5.71 Å². The Morgan fingerprint density at radius 1 is 1.29 bits per heavy atom. The van der Waals surface area contributed by atoms with E-state index in [4.69, 9.17) is 23.2 Å². The predicted octanol–water partition coefficient (Wildman–Crippen LogP) is 3.67. The molecule has 4 heteroatoms. The van der Waals surface area contributed by atoms with Gasteiger partial charge in [-0.05, 0) is 19.1 Å². The Balaban J connectivity index is 2.76. The number of Topliss-reactive ketones (excluding diaryl/α,β-unsaturated/α-hetero) is 1. The van der Waals surface area contributed by atoms with Gasteiger partial charge in [-0.2, -0.15) is 0 Å². The minimum absolute atomic E-state index is 0.0139. The maximum Gasteiger partial charge on any atom is 0.172 e. The first-order valence-corrected chi connectivity index (χ1v) is 4.90. The summed E-state index contributed by atoms with van der Waals surface area (Å²) in [5.74, 6) is -0.0139. The molecule has 1 aliphatic heterocycles. The van der Waals surface area contributed by atoms with Crippen LogP contribution < -0.4 is 0 Å². The van der Waals surface area contributed by atoms with Gasteiger partial charge in [0.05, 0.1) is 21.3 Å². The fraction of sp³-hybridized carbons (Fsp3) is 0.200. The van der Waals surface area contributed by atoms with Gasteiger partial charge in [0, 0.05) is 12.1 Å². The molecule has 0 bridgehead atoms. The summed E-state index contributed by atoms with van der Waals surface area (Å²) in [5, 5.41) is 0.891. The van der Waals surface area contributed by atoms with Gasteiger partial charge < -0.3 is 0 Å². The van der Waals surface area contributed by atoms with E-state index in [-0.39, 0.29) is 5.78 Å². The highest BCUT2D eigenvalue weighted by Crippen LogP contribution is 2.37. The van der Waals surface area contributed by atoms with Crippen LogP contribution in [-0.2, 0) is 0 Å². The number of hydrogen-bond acceptors (Lipinski definition) is 2. The highest BCUT2D eigenvalue weighted by atomic mass is 35.5. The predicted molar refractivity (Wildman–Crippen MR) is 58.2 cm³/mol. The molecule has 1 aromatic rings. The van der Waals surface area contributed by atoms with Gasteiger partial charge in [-0.25, -0.2) is 0 Å². The van der Waals surface area contributed by atoms with E-state index < -0.39 is 0 Å². The average molecular weight is 228 g/mol. The van der Waals surface area contributed by atoms with Crippen molar-refractivity contribution in [2.24, 2.45) is 4.99 Å². The molecule has 2 rings (SSSR count). The van der Waals surface area contributed by atoms with Gasteiger partial charge in [-0.15, -0.1) is 0 Å². The third-order valence-electron chi connectivity index (χ3n) is 2.08. The minimum atomic E-state index is -0.0139. The van der Waals surface area contributed by atoms with Crippen LogP contribution in [0.2, 0.25) is 10.0 Å². The average Bonchev–Trinajstić information content (AvgIpc) is 2.10. The summed E-state index contributed by atoms with van der Waals surface area (Å²) >= 11 is 11.8. The lowest BCUT2D eigenvalue weighted by atomic mass is 10.0. The van der Waals surface area contributed by atoms with Crippen LogP contribution in [-0.4, -0.2) is 11.5 Å². The second-order valence-corrected chi connectivity index (χ2v) is 4.01. The van der Waals surface area contributed by atoms with Crippen LogP contribution in [0.3, 0.4) is 0 Å². The number of carbonyl (C=O) groups is 1. The molecule has 1 heterocycles. The van der Waals surface area contributed by atoms with Crippen molar-refractivity contribution in [3.63, 3.8) is 0 Å². The van der Waals surface area contributed by atoms with Crippen molar-refractivity contribution in [2.45, 2.75) is 13.3 Å². The molecule has 2 nitrogen and oxygen atoms in total. The SMILES string of the molecule is CC1=Nc2c(Cl)ccc(Cl)c2C(=O)C1. The molecule has 1 aromatic carbocycles. The number of benzene rings is 1. The first kappa shape index (κ1) is 9.69. The minimum Gasteiger partial charge on any atom is -0.294 e. The van der Waals surface area contributed by atoms with E-state index in [9.17, 15) is 4.79 Å². The Morgan fingerprint density at radius 2 is 1.93 bits per heavy atom. The van der Waals surface area contributed by atoms with Crippen LogP contribution in [0.5, 0.6) is 0 Å². The van der Waals surface area contributed by atoms with Crippen LogP contribution >= 0.6 is 23.2 Å². The fourth-order valence-corrected chi connectivity index (χ4v) is 1.92. The summed E-state index contributed by atoms with van der Waals surface area (Å²) in [5.41, 5.74) is 1.73. The lowest BCUT2D eigenvalue weighted by molar-refractivity contribution is 0.1000. The lowest BCUT2D eigenvalue weighted by Crippen LogP contribution is -2.11. The Bertz CT molecular complexity index is 452. The Morgan fingerprint density at radius 3 is 2.64 bits per heavy atom. The number of fused-ring (bicyclic) bond motifs is 1. The van der Waals surface area contributed by atoms with Crippen LogP contribution in [0.25, 0.3) is 0 Å². The summed E-state index contributed by atoms with van der Waals surface area (Å²) in [7, 11) is 0. The monoisotopic (exact) mass is 227 g/mol. The number of nitrogens with zero attached hydrogens (tertiary/aromatic N) is 1. The molecule has 0 amide bonds. The highest BCUT2D eigenvalue weighted by molar-refractivity contribution is 6.39. The molecule has 0 atom stereocenters. The van der Waals surface area contributed by atoms with E-state index in [1.807, 2.05) is 0 Å². The lowest BCUT2D eigenvalue weighted by Gasteiger charge is -2.14. The summed E-state index contributed by atoms with van der Waals surface area (Å²) in [6, 6.07) is 3.27. The van der Waals surface area contributed by atoms with Crippen LogP contribution in [0.4, 0.5) is 5.69 Å². The smallest absolute Gasteiger partial charge is 0.172 e. The molecule has 0 unspecified atom stereocenters. The summed E-state index contributed by atoms with van der Waals surface area (Å²) in [6.07, 6.45) is 0.326. The van der Waals surface area contributed by atoms with Crippen molar-refractivity contribution in [1.82, 2.24) is 0 Å². The van der Waals surface area contributed by atoms with Gasteiger partial charge in [-0.1, -0.05) is 23.2 Å². The van der Waals surface area contributed by atoms with Crippen molar-refractivity contribution in [3.8, 4) is 0 Å². The van der Waals surface area contributed by atoms with E-state index in [0.29, 0.717) is 27.7 Å². The molecule has 0 aromatic heterocycles. The number of hydrogen-bond donors (Lipinski definition) is 0. The molecule has 14 heavy (non-hydrogen) atoms. The molecule has 0 radical (unpaired) electrons. The molecule has 0 saturated carbocycles.